The maximum Gasteiger partial charge on any atom is 0.255 e. The van der Waals surface area contributed by atoms with E-state index in [9.17, 15) is 9.59 Å². The molecule has 0 aliphatic carbocycles. The molecule has 0 aliphatic heterocycles. The fraction of sp³-hybridized carbons (Fsp3) is 0.333. The van der Waals surface area contributed by atoms with Gasteiger partial charge in [-0.25, -0.2) is 0 Å². The second-order valence-electron chi connectivity index (χ2n) is 6.23. The highest BCUT2D eigenvalue weighted by molar-refractivity contribution is 6.05. The number of hydrogen-bond acceptors (Lipinski definition) is 5. The van der Waals surface area contributed by atoms with Crippen LogP contribution < -0.4 is 24.8 Å². The van der Waals surface area contributed by atoms with E-state index in [1.54, 1.807) is 36.4 Å². The summed E-state index contributed by atoms with van der Waals surface area (Å²) in [5, 5.41) is 5.70. The zero-order chi connectivity index (χ0) is 20.7. The third-order valence-electron chi connectivity index (χ3n) is 4.32. The van der Waals surface area contributed by atoms with Gasteiger partial charge in [0.2, 0.25) is 5.75 Å². The average molecular weight is 386 g/mol. The van der Waals surface area contributed by atoms with Gasteiger partial charge in [-0.3, -0.25) is 9.59 Å². The van der Waals surface area contributed by atoms with Gasteiger partial charge in [0.25, 0.3) is 11.8 Å². The second-order valence-corrected chi connectivity index (χ2v) is 6.23. The Labute approximate surface area is 165 Å². The van der Waals surface area contributed by atoms with Crippen LogP contribution in [0.25, 0.3) is 0 Å². The minimum Gasteiger partial charge on any atom is -0.493 e. The number of ether oxygens (including phenoxy) is 3. The molecule has 0 spiro atoms. The van der Waals surface area contributed by atoms with E-state index in [0.717, 1.165) is 6.42 Å². The lowest BCUT2D eigenvalue weighted by molar-refractivity contribution is 0.0938. The van der Waals surface area contributed by atoms with Crippen LogP contribution in [0.3, 0.4) is 0 Å². The molecule has 0 bridgehead atoms. The van der Waals surface area contributed by atoms with Crippen molar-refractivity contribution < 1.29 is 23.8 Å². The first kappa shape index (κ1) is 21.1. The van der Waals surface area contributed by atoms with Gasteiger partial charge in [-0.1, -0.05) is 6.92 Å². The summed E-state index contributed by atoms with van der Waals surface area (Å²) in [6.07, 6.45) is 0.856. The van der Waals surface area contributed by atoms with Crippen molar-refractivity contribution in [3.8, 4) is 17.2 Å². The lowest BCUT2D eigenvalue weighted by atomic mass is 10.1. The third-order valence-corrected chi connectivity index (χ3v) is 4.32. The smallest absolute Gasteiger partial charge is 0.255 e. The Morgan fingerprint density at radius 1 is 0.893 bits per heavy atom. The van der Waals surface area contributed by atoms with E-state index in [1.165, 1.54) is 21.3 Å². The summed E-state index contributed by atoms with van der Waals surface area (Å²) in [6, 6.07) is 9.95. The molecule has 0 aromatic heterocycles. The Kier molecular flexibility index (Phi) is 7.26. The van der Waals surface area contributed by atoms with Crippen LogP contribution in [0.5, 0.6) is 17.2 Å². The molecule has 0 fully saturated rings. The molecule has 2 rings (SSSR count). The zero-order valence-electron chi connectivity index (χ0n) is 16.8. The molecule has 0 saturated carbocycles. The number of hydrogen-bond donors (Lipinski definition) is 2. The predicted molar refractivity (Wildman–Crippen MR) is 108 cm³/mol. The van der Waals surface area contributed by atoms with Gasteiger partial charge >= 0.3 is 0 Å². The number of carbonyl (C=O) groups excluding carboxylic acids is 2. The molecule has 0 heterocycles. The van der Waals surface area contributed by atoms with Crippen LogP contribution >= 0.6 is 0 Å². The van der Waals surface area contributed by atoms with Crippen molar-refractivity contribution in [2.75, 3.05) is 26.6 Å². The highest BCUT2D eigenvalue weighted by atomic mass is 16.5. The molecule has 1 atom stereocenters. The van der Waals surface area contributed by atoms with Crippen molar-refractivity contribution in [2.45, 2.75) is 26.3 Å². The summed E-state index contributed by atoms with van der Waals surface area (Å²) < 4.78 is 15.8. The Hall–Kier alpha value is -3.22. The molecule has 0 aliphatic rings. The number of amides is 2. The highest BCUT2D eigenvalue weighted by Gasteiger charge is 2.17. The van der Waals surface area contributed by atoms with Crippen LogP contribution in [0.15, 0.2) is 36.4 Å². The maximum absolute atomic E-state index is 12.6. The number of carbonyl (C=O) groups is 2. The molecule has 2 N–H and O–H groups in total. The summed E-state index contributed by atoms with van der Waals surface area (Å²) in [5.41, 5.74) is 1.46. The number of nitrogens with one attached hydrogen (secondary N) is 2. The number of rotatable bonds is 8. The topological polar surface area (TPSA) is 85.9 Å². The van der Waals surface area contributed by atoms with Gasteiger partial charge in [-0.05, 0) is 49.7 Å². The first-order valence-corrected chi connectivity index (χ1v) is 8.95. The van der Waals surface area contributed by atoms with Crippen LogP contribution in [0.1, 0.15) is 41.0 Å². The first-order valence-electron chi connectivity index (χ1n) is 8.95. The second kappa shape index (κ2) is 9.64. The van der Waals surface area contributed by atoms with Crippen molar-refractivity contribution in [1.82, 2.24) is 5.32 Å². The van der Waals surface area contributed by atoms with Crippen molar-refractivity contribution in [3.05, 3.63) is 47.5 Å². The van der Waals surface area contributed by atoms with Crippen molar-refractivity contribution >= 4 is 17.5 Å². The van der Waals surface area contributed by atoms with Gasteiger partial charge in [0.1, 0.15) is 0 Å². The fourth-order valence-corrected chi connectivity index (χ4v) is 2.53. The average Bonchev–Trinajstić information content (AvgIpc) is 2.72. The SMILES string of the molecule is CC[C@@H](C)NC(=O)c1ccc(NC(=O)c2cc(OC)c(OC)c(OC)c2)cc1. The Balaban J connectivity index is 2.16. The van der Waals surface area contributed by atoms with Gasteiger partial charge in [-0.15, -0.1) is 0 Å². The lowest BCUT2D eigenvalue weighted by Gasteiger charge is -2.14. The molecule has 28 heavy (non-hydrogen) atoms. The van der Waals surface area contributed by atoms with E-state index in [1.807, 2.05) is 13.8 Å². The third kappa shape index (κ3) is 4.94. The van der Waals surface area contributed by atoms with Gasteiger partial charge in [0, 0.05) is 22.9 Å². The highest BCUT2D eigenvalue weighted by Crippen LogP contribution is 2.38. The summed E-state index contributed by atoms with van der Waals surface area (Å²) in [7, 11) is 4.48. The van der Waals surface area contributed by atoms with Crippen LogP contribution in [-0.2, 0) is 0 Å². The van der Waals surface area contributed by atoms with Crippen LogP contribution in [0, 0.1) is 0 Å². The van der Waals surface area contributed by atoms with E-state index in [2.05, 4.69) is 10.6 Å². The molecular weight excluding hydrogens is 360 g/mol. The van der Waals surface area contributed by atoms with Crippen molar-refractivity contribution in [1.29, 1.82) is 0 Å². The van der Waals surface area contributed by atoms with Crippen molar-refractivity contribution in [3.63, 3.8) is 0 Å². The molecule has 2 amide bonds. The molecule has 0 unspecified atom stereocenters. The largest absolute Gasteiger partial charge is 0.493 e. The Bertz CT molecular complexity index is 808. The lowest BCUT2D eigenvalue weighted by Crippen LogP contribution is -2.31. The summed E-state index contributed by atoms with van der Waals surface area (Å²) >= 11 is 0. The quantitative estimate of drug-likeness (QED) is 0.725. The van der Waals surface area contributed by atoms with Crippen molar-refractivity contribution in [2.24, 2.45) is 0 Å². The van der Waals surface area contributed by atoms with Gasteiger partial charge in [0.15, 0.2) is 11.5 Å². The van der Waals surface area contributed by atoms with Gasteiger partial charge in [-0.2, -0.15) is 0 Å². The zero-order valence-corrected chi connectivity index (χ0v) is 16.8. The maximum atomic E-state index is 12.6. The molecule has 0 saturated heterocycles. The first-order chi connectivity index (χ1) is 13.4. The van der Waals surface area contributed by atoms with Gasteiger partial charge < -0.3 is 24.8 Å². The minimum absolute atomic E-state index is 0.104. The number of methoxy groups -OCH3 is 3. The molecular formula is C21H26N2O5. The summed E-state index contributed by atoms with van der Waals surface area (Å²) in [4.78, 5) is 24.7. The molecule has 7 nitrogen and oxygen atoms in total. The molecule has 2 aromatic carbocycles. The van der Waals surface area contributed by atoms with Crippen LogP contribution in [0.2, 0.25) is 0 Å². The predicted octanol–water partition coefficient (Wildman–Crippen LogP) is 3.49. The monoisotopic (exact) mass is 386 g/mol. The molecule has 7 heteroatoms. The summed E-state index contributed by atoms with van der Waals surface area (Å²) in [5.74, 6) is 0.722. The normalized spacial score (nSPS) is 11.3. The Morgan fingerprint density at radius 3 is 1.93 bits per heavy atom. The van der Waals surface area contributed by atoms with Crippen LogP contribution in [0.4, 0.5) is 5.69 Å². The van der Waals surface area contributed by atoms with E-state index in [0.29, 0.717) is 34.1 Å². The van der Waals surface area contributed by atoms with E-state index >= 15 is 0 Å². The molecule has 150 valence electrons. The summed E-state index contributed by atoms with van der Waals surface area (Å²) in [6.45, 7) is 3.95. The van der Waals surface area contributed by atoms with Gasteiger partial charge in [0.05, 0.1) is 21.3 Å². The van der Waals surface area contributed by atoms with E-state index < -0.39 is 0 Å². The number of anilines is 1. The Morgan fingerprint density at radius 2 is 1.46 bits per heavy atom. The van der Waals surface area contributed by atoms with Crippen LogP contribution in [-0.4, -0.2) is 39.2 Å². The molecule has 2 aromatic rings. The van der Waals surface area contributed by atoms with E-state index in [-0.39, 0.29) is 17.9 Å². The number of benzene rings is 2. The standard InChI is InChI=1S/C21H26N2O5/c1-6-13(2)22-20(24)14-7-9-16(10-8-14)23-21(25)15-11-17(26-3)19(28-5)18(12-15)27-4/h7-13H,6H2,1-5H3,(H,22,24)(H,23,25)/t13-/m1/s1. The minimum atomic E-state index is -0.337. The molecule has 0 radical (unpaired) electrons. The fourth-order valence-electron chi connectivity index (χ4n) is 2.53. The van der Waals surface area contributed by atoms with E-state index in [4.69, 9.17) is 14.2 Å².